The van der Waals surface area contributed by atoms with E-state index in [-0.39, 0.29) is 49.5 Å². The summed E-state index contributed by atoms with van der Waals surface area (Å²) in [5.41, 5.74) is 0. The zero-order valence-corrected chi connectivity index (χ0v) is 25.8. The molecular weight excluding hydrogens is 643 g/mol. The first-order valence-electron chi connectivity index (χ1n) is 14.1. The van der Waals surface area contributed by atoms with Gasteiger partial charge in [-0.05, 0) is 75.0 Å². The van der Waals surface area contributed by atoms with Crippen LogP contribution in [0, 0.1) is 23.7 Å². The smallest absolute Gasteiger partial charge is 0.550 e. The van der Waals surface area contributed by atoms with Crippen molar-refractivity contribution < 1.29 is 65.4 Å². The molecule has 0 radical (unpaired) electrons. The first-order valence-corrected chi connectivity index (χ1v) is 14.1. The van der Waals surface area contributed by atoms with Gasteiger partial charge in [0.05, 0.1) is 0 Å². The summed E-state index contributed by atoms with van der Waals surface area (Å²) in [7, 11) is 0. The number of carboxylic acid groups (broad SMARTS) is 4. The normalized spacial score (nSPS) is 21.2. The van der Waals surface area contributed by atoms with Crippen LogP contribution in [0.2, 0.25) is 0 Å². The van der Waals surface area contributed by atoms with Crippen LogP contribution >= 0.6 is 0 Å². The molecule has 0 saturated heterocycles. The Hall–Kier alpha value is -1.25. The molecule has 0 aromatic rings. The van der Waals surface area contributed by atoms with E-state index in [2.05, 4.69) is 0 Å². The van der Waals surface area contributed by atoms with Gasteiger partial charge in [-0.15, -0.1) is 0 Å². The molecule has 0 amide bonds. The third-order valence-electron chi connectivity index (χ3n) is 7.75. The van der Waals surface area contributed by atoms with Gasteiger partial charge in [-0.2, -0.15) is 0 Å². The van der Waals surface area contributed by atoms with Crippen LogP contribution in [0.4, 0.5) is 0 Å². The van der Waals surface area contributed by atoms with Crippen molar-refractivity contribution in [3.8, 4) is 0 Å². The quantitative estimate of drug-likeness (QED) is 0.400. The summed E-state index contributed by atoms with van der Waals surface area (Å²) in [6.45, 7) is 0. The summed E-state index contributed by atoms with van der Waals surface area (Å²) in [4.78, 5) is 41.0. The molecule has 208 valence electrons. The molecule has 0 aromatic heterocycles. The van der Waals surface area contributed by atoms with E-state index in [1.807, 2.05) is 0 Å². The van der Waals surface area contributed by atoms with Gasteiger partial charge in [-0.25, -0.2) is 0 Å². The van der Waals surface area contributed by atoms with Crippen LogP contribution in [0.15, 0.2) is 0 Å². The van der Waals surface area contributed by atoms with E-state index in [9.17, 15) is 39.6 Å². The number of rotatable bonds is 4. The first kappa shape index (κ1) is 35.8. The molecule has 8 nitrogen and oxygen atoms in total. The Balaban J connectivity index is 0.000000463. The van der Waals surface area contributed by atoms with Gasteiger partial charge in [-0.1, -0.05) is 77.0 Å². The van der Waals surface area contributed by atoms with Crippen LogP contribution in [0.1, 0.15) is 128 Å². The average molecular weight is 687 g/mol. The number of carboxylic acids is 4. The second-order valence-corrected chi connectivity index (χ2v) is 10.6. The van der Waals surface area contributed by atoms with Crippen LogP contribution in [0.5, 0.6) is 0 Å². The van der Waals surface area contributed by atoms with E-state index in [1.54, 1.807) is 0 Å². The number of hydrogen-bond donors (Lipinski definition) is 0. The van der Waals surface area contributed by atoms with Crippen molar-refractivity contribution in [3.05, 3.63) is 0 Å². The fourth-order valence-electron chi connectivity index (χ4n) is 5.35. The molecule has 9 heteroatoms. The van der Waals surface area contributed by atoms with Gasteiger partial charge in [0, 0.05) is 23.9 Å². The fraction of sp³-hybridized carbons (Fsp3) is 0.857. The van der Waals surface area contributed by atoms with Crippen LogP contribution in [0.3, 0.4) is 0 Å². The van der Waals surface area contributed by atoms with Crippen molar-refractivity contribution in [2.24, 2.45) is 23.7 Å². The largest absolute Gasteiger partial charge is 4.00 e. The summed E-state index contributed by atoms with van der Waals surface area (Å²) < 4.78 is 0. The van der Waals surface area contributed by atoms with Crippen molar-refractivity contribution in [1.29, 1.82) is 0 Å². The Morgan fingerprint density at radius 2 is 0.459 bits per heavy atom. The van der Waals surface area contributed by atoms with Crippen molar-refractivity contribution in [3.63, 3.8) is 0 Å². The minimum absolute atomic E-state index is 0. The van der Waals surface area contributed by atoms with Crippen LogP contribution in [0.25, 0.3) is 0 Å². The van der Waals surface area contributed by atoms with Crippen molar-refractivity contribution >= 4 is 23.9 Å². The standard InChI is InChI=1S/4C7H12O2.Hf/c4*8-7(9)6-4-2-1-3-5-6;/h4*6H,1-5H2,(H,8,9);/q;;;;+4/p-4. The van der Waals surface area contributed by atoms with E-state index >= 15 is 0 Å². The summed E-state index contributed by atoms with van der Waals surface area (Å²) >= 11 is 0. The van der Waals surface area contributed by atoms with Crippen LogP contribution in [-0.2, 0) is 45.0 Å². The van der Waals surface area contributed by atoms with Crippen molar-refractivity contribution in [2.75, 3.05) is 0 Å². The van der Waals surface area contributed by atoms with Gasteiger partial charge in [-0.3, -0.25) is 0 Å². The third-order valence-corrected chi connectivity index (χ3v) is 7.75. The number of carbonyl (C=O) groups excluding carboxylic acids is 4. The molecule has 4 fully saturated rings. The Morgan fingerprint density at radius 1 is 0.324 bits per heavy atom. The number of aliphatic carboxylic acids is 4. The molecule has 4 aliphatic carbocycles. The molecule has 0 aliphatic heterocycles. The molecule has 37 heavy (non-hydrogen) atoms. The minimum atomic E-state index is -0.852. The van der Waals surface area contributed by atoms with Crippen molar-refractivity contribution in [1.82, 2.24) is 0 Å². The molecule has 4 rings (SSSR count). The molecular formula is C28H44HfO8. The van der Waals surface area contributed by atoms with Gasteiger partial charge >= 0.3 is 25.8 Å². The number of carbonyl (C=O) groups is 4. The maximum absolute atomic E-state index is 10.2. The van der Waals surface area contributed by atoms with E-state index < -0.39 is 23.9 Å². The SMILES string of the molecule is O=C([O-])C1CCCCC1.O=C([O-])C1CCCCC1.O=C([O-])C1CCCCC1.O=C([O-])C1CCCCC1.[Hf+4]. The monoisotopic (exact) mass is 688 g/mol. The first-order chi connectivity index (χ1) is 17.2. The summed E-state index contributed by atoms with van der Waals surface area (Å²) in [5.74, 6) is -3.97. The third kappa shape index (κ3) is 17.1. The minimum Gasteiger partial charge on any atom is -0.550 e. The second kappa shape index (κ2) is 21.7. The van der Waals surface area contributed by atoms with Gasteiger partial charge in [0.2, 0.25) is 0 Å². The van der Waals surface area contributed by atoms with E-state index in [1.165, 1.54) is 25.7 Å². The Kier molecular flexibility index (Phi) is 20.9. The molecule has 4 saturated carbocycles. The molecule has 0 atom stereocenters. The second-order valence-electron chi connectivity index (χ2n) is 10.6. The zero-order chi connectivity index (χ0) is 26.8. The van der Waals surface area contributed by atoms with Gasteiger partial charge in [0.25, 0.3) is 0 Å². The predicted molar refractivity (Wildman–Crippen MR) is 126 cm³/mol. The Labute approximate surface area is 240 Å². The molecule has 0 bridgehead atoms. The fourth-order valence-corrected chi connectivity index (χ4v) is 5.35. The van der Waals surface area contributed by atoms with E-state index in [4.69, 9.17) is 0 Å². The number of hydrogen-bond acceptors (Lipinski definition) is 8. The van der Waals surface area contributed by atoms with Gasteiger partial charge in [0.1, 0.15) is 0 Å². The Morgan fingerprint density at radius 3 is 0.541 bits per heavy atom. The van der Waals surface area contributed by atoms with E-state index in [0.717, 1.165) is 103 Å². The summed E-state index contributed by atoms with van der Waals surface area (Å²) in [5, 5.41) is 41.0. The summed E-state index contributed by atoms with van der Waals surface area (Å²) in [6.07, 6.45) is 20.0. The maximum Gasteiger partial charge on any atom is 4.00 e. The Bertz CT molecular complexity index is 533. The molecule has 0 aromatic carbocycles. The molecule has 0 unspecified atom stereocenters. The summed E-state index contributed by atoms with van der Waals surface area (Å²) in [6, 6.07) is 0. The average Bonchev–Trinajstić information content (AvgIpc) is 2.92. The zero-order valence-electron chi connectivity index (χ0n) is 22.2. The van der Waals surface area contributed by atoms with Gasteiger partial charge < -0.3 is 39.6 Å². The van der Waals surface area contributed by atoms with Crippen LogP contribution in [-0.4, -0.2) is 23.9 Å². The van der Waals surface area contributed by atoms with Crippen LogP contribution < -0.4 is 20.4 Å². The predicted octanol–water partition coefficient (Wildman–Crippen LogP) is 1.26. The molecule has 4 aliphatic rings. The molecule has 0 heterocycles. The topological polar surface area (TPSA) is 161 Å². The van der Waals surface area contributed by atoms with Crippen molar-refractivity contribution in [2.45, 2.75) is 128 Å². The molecule has 0 N–H and O–H groups in total. The molecule has 0 spiro atoms. The maximum atomic E-state index is 10.2. The van der Waals surface area contributed by atoms with Gasteiger partial charge in [0.15, 0.2) is 0 Å². The van der Waals surface area contributed by atoms with E-state index in [0.29, 0.717) is 0 Å².